The summed E-state index contributed by atoms with van der Waals surface area (Å²) in [6, 6.07) is 8.19. The number of fused-ring (bicyclic) bond motifs is 1. The van der Waals surface area contributed by atoms with Crippen LogP contribution in [0.5, 0.6) is 0 Å². The summed E-state index contributed by atoms with van der Waals surface area (Å²) in [7, 11) is 0. The van der Waals surface area contributed by atoms with Crippen LogP contribution in [0.15, 0.2) is 24.3 Å². The summed E-state index contributed by atoms with van der Waals surface area (Å²) >= 11 is 1.74. The van der Waals surface area contributed by atoms with Crippen LogP contribution in [0, 0.1) is 6.92 Å². The van der Waals surface area contributed by atoms with E-state index < -0.39 is 0 Å². The molecule has 3 heteroatoms. The maximum Gasteiger partial charge on any atom is 0.0907 e. The Hall–Kier alpha value is -0.930. The van der Waals surface area contributed by atoms with Crippen molar-refractivity contribution in [3.05, 3.63) is 29.3 Å². The fraction of sp³-hybridized carbons (Fsp3) is 0.417. The zero-order chi connectivity index (χ0) is 11.1. The molecular weight excluding hydrogens is 206 g/mol. The Morgan fingerprint density at radius 1 is 1.20 bits per heavy atom. The van der Waals surface area contributed by atoms with E-state index >= 15 is 0 Å². The molecule has 0 bridgehead atoms. The predicted octanol–water partition coefficient (Wildman–Crippen LogP) is 3.65. The van der Waals surface area contributed by atoms with Crippen molar-refractivity contribution in [2.75, 3.05) is 13.2 Å². The molecule has 0 radical (unpaired) electrons. The Morgan fingerprint density at radius 3 is 2.40 bits per heavy atom. The first kappa shape index (κ1) is 12.1. The summed E-state index contributed by atoms with van der Waals surface area (Å²) < 4.78 is 6.11. The van der Waals surface area contributed by atoms with Crippen LogP contribution >= 0.6 is 11.3 Å². The third-order valence-corrected chi connectivity index (χ3v) is 2.76. The molecule has 0 unspecified atom stereocenters. The van der Waals surface area contributed by atoms with Crippen LogP contribution in [-0.2, 0) is 4.74 Å². The van der Waals surface area contributed by atoms with Gasteiger partial charge in [-0.05, 0) is 32.9 Å². The zero-order valence-electron chi connectivity index (χ0n) is 9.49. The highest BCUT2D eigenvalue weighted by Gasteiger charge is 1.95. The molecule has 15 heavy (non-hydrogen) atoms. The molecule has 0 aliphatic rings. The summed E-state index contributed by atoms with van der Waals surface area (Å²) in [6.07, 6.45) is 0. The molecule has 0 saturated heterocycles. The molecule has 1 heterocycles. The highest BCUT2D eigenvalue weighted by Crippen LogP contribution is 2.19. The van der Waals surface area contributed by atoms with Gasteiger partial charge in [-0.25, -0.2) is 4.98 Å². The van der Waals surface area contributed by atoms with Gasteiger partial charge in [0.2, 0.25) is 0 Å². The number of rotatable bonds is 2. The number of para-hydroxylation sites is 1. The van der Waals surface area contributed by atoms with Crippen LogP contribution in [0.25, 0.3) is 10.2 Å². The molecule has 0 fully saturated rings. The molecular formula is C12H17NOS. The van der Waals surface area contributed by atoms with Gasteiger partial charge in [-0.3, -0.25) is 0 Å². The highest BCUT2D eigenvalue weighted by molar-refractivity contribution is 7.18. The standard InChI is InChI=1S/C8H7NS.C4H10O/c1-6-9-7-4-2-3-5-8(7)10-6;1-3-5-4-2/h2-5H,1H3;3-4H2,1-2H3. The van der Waals surface area contributed by atoms with Gasteiger partial charge in [0.05, 0.1) is 15.2 Å². The molecule has 2 rings (SSSR count). The largest absolute Gasteiger partial charge is 0.382 e. The lowest BCUT2D eigenvalue weighted by Crippen LogP contribution is -1.84. The van der Waals surface area contributed by atoms with E-state index in [1.807, 2.05) is 39.0 Å². The molecule has 0 saturated carbocycles. The van der Waals surface area contributed by atoms with Crippen molar-refractivity contribution in [2.24, 2.45) is 0 Å². The van der Waals surface area contributed by atoms with E-state index in [2.05, 4.69) is 11.1 Å². The molecule has 0 N–H and O–H groups in total. The number of aromatic nitrogens is 1. The fourth-order valence-electron chi connectivity index (χ4n) is 1.19. The lowest BCUT2D eigenvalue weighted by molar-refractivity contribution is 0.162. The normalized spacial score (nSPS) is 9.80. The van der Waals surface area contributed by atoms with Crippen LogP contribution < -0.4 is 0 Å². The molecule has 0 amide bonds. The number of hydrogen-bond acceptors (Lipinski definition) is 3. The maximum absolute atomic E-state index is 4.83. The molecule has 0 aliphatic heterocycles. The molecule has 1 aromatic carbocycles. The number of hydrogen-bond donors (Lipinski definition) is 0. The Balaban J connectivity index is 0.000000195. The quantitative estimate of drug-likeness (QED) is 0.775. The zero-order valence-corrected chi connectivity index (χ0v) is 10.3. The molecule has 0 atom stereocenters. The first-order valence-corrected chi connectivity index (χ1v) is 5.99. The average Bonchev–Trinajstić information content (AvgIpc) is 2.60. The SMILES string of the molecule is CCOCC.Cc1nc2ccccc2s1. The Bertz CT molecular complexity index is 362. The summed E-state index contributed by atoms with van der Waals surface area (Å²) in [6.45, 7) is 7.70. The van der Waals surface area contributed by atoms with Gasteiger partial charge in [0.1, 0.15) is 0 Å². The Labute approximate surface area is 94.9 Å². The van der Waals surface area contributed by atoms with Gasteiger partial charge in [-0.2, -0.15) is 0 Å². The van der Waals surface area contributed by atoms with E-state index in [1.54, 1.807) is 11.3 Å². The number of ether oxygens (including phenoxy) is 1. The van der Waals surface area contributed by atoms with Gasteiger partial charge in [-0.1, -0.05) is 12.1 Å². The van der Waals surface area contributed by atoms with Crippen LogP contribution in [0.4, 0.5) is 0 Å². The van der Waals surface area contributed by atoms with Crippen LogP contribution in [0.2, 0.25) is 0 Å². The molecule has 82 valence electrons. The van der Waals surface area contributed by atoms with Gasteiger partial charge in [0.25, 0.3) is 0 Å². The lowest BCUT2D eigenvalue weighted by Gasteiger charge is -1.86. The third-order valence-electron chi connectivity index (χ3n) is 1.81. The van der Waals surface area contributed by atoms with Crippen LogP contribution in [0.1, 0.15) is 18.9 Å². The first-order chi connectivity index (χ1) is 7.27. The second-order valence-electron chi connectivity index (χ2n) is 2.98. The molecule has 0 aliphatic carbocycles. The number of aryl methyl sites for hydroxylation is 1. The lowest BCUT2D eigenvalue weighted by atomic mass is 10.3. The fourth-order valence-corrected chi connectivity index (χ4v) is 2.02. The molecule has 0 spiro atoms. The number of thiazole rings is 1. The smallest absolute Gasteiger partial charge is 0.0907 e. The first-order valence-electron chi connectivity index (χ1n) is 5.17. The third kappa shape index (κ3) is 3.98. The summed E-state index contributed by atoms with van der Waals surface area (Å²) in [5, 5.41) is 1.14. The summed E-state index contributed by atoms with van der Waals surface area (Å²) in [5.74, 6) is 0. The van der Waals surface area contributed by atoms with Crippen molar-refractivity contribution < 1.29 is 4.74 Å². The Morgan fingerprint density at radius 2 is 1.87 bits per heavy atom. The monoisotopic (exact) mass is 223 g/mol. The summed E-state index contributed by atoms with van der Waals surface area (Å²) in [4.78, 5) is 4.33. The van der Waals surface area contributed by atoms with Gasteiger partial charge in [0.15, 0.2) is 0 Å². The van der Waals surface area contributed by atoms with Gasteiger partial charge in [-0.15, -0.1) is 11.3 Å². The van der Waals surface area contributed by atoms with Gasteiger partial charge >= 0.3 is 0 Å². The van der Waals surface area contributed by atoms with Crippen molar-refractivity contribution >= 4 is 21.6 Å². The van der Waals surface area contributed by atoms with E-state index in [4.69, 9.17) is 4.74 Å². The molecule has 1 aromatic heterocycles. The van der Waals surface area contributed by atoms with Gasteiger partial charge in [0, 0.05) is 13.2 Å². The second kappa shape index (κ2) is 6.53. The van der Waals surface area contributed by atoms with E-state index in [-0.39, 0.29) is 0 Å². The minimum atomic E-state index is 0.844. The maximum atomic E-state index is 4.83. The van der Waals surface area contributed by atoms with Crippen molar-refractivity contribution in [1.82, 2.24) is 4.98 Å². The van der Waals surface area contributed by atoms with Crippen molar-refractivity contribution in [3.63, 3.8) is 0 Å². The minimum absolute atomic E-state index is 0.844. The number of benzene rings is 1. The number of nitrogens with zero attached hydrogens (tertiary/aromatic N) is 1. The van der Waals surface area contributed by atoms with E-state index in [0.717, 1.165) is 23.7 Å². The van der Waals surface area contributed by atoms with Crippen LogP contribution in [0.3, 0.4) is 0 Å². The molecule has 2 aromatic rings. The Kier molecular flexibility index (Phi) is 5.29. The van der Waals surface area contributed by atoms with E-state index in [9.17, 15) is 0 Å². The van der Waals surface area contributed by atoms with E-state index in [1.165, 1.54) is 4.70 Å². The predicted molar refractivity (Wildman–Crippen MR) is 66.5 cm³/mol. The molecule has 2 nitrogen and oxygen atoms in total. The highest BCUT2D eigenvalue weighted by atomic mass is 32.1. The van der Waals surface area contributed by atoms with Gasteiger partial charge < -0.3 is 4.74 Å². The van der Waals surface area contributed by atoms with Crippen LogP contribution in [-0.4, -0.2) is 18.2 Å². The minimum Gasteiger partial charge on any atom is -0.382 e. The van der Waals surface area contributed by atoms with Crippen molar-refractivity contribution in [3.8, 4) is 0 Å². The second-order valence-corrected chi connectivity index (χ2v) is 4.22. The van der Waals surface area contributed by atoms with Crippen molar-refractivity contribution in [1.29, 1.82) is 0 Å². The topological polar surface area (TPSA) is 22.1 Å². The van der Waals surface area contributed by atoms with Crippen molar-refractivity contribution in [2.45, 2.75) is 20.8 Å². The average molecular weight is 223 g/mol. The summed E-state index contributed by atoms with van der Waals surface area (Å²) in [5.41, 5.74) is 1.12. The van der Waals surface area contributed by atoms with E-state index in [0.29, 0.717) is 0 Å².